The second-order valence-corrected chi connectivity index (χ2v) is 5.24. The SMILES string of the molecule is O=C(Cc1cccc(C(F)(F)F)c1)NCC[C@@H]1CCOC1. The number of hydrogen-bond acceptors (Lipinski definition) is 2. The standard InChI is InChI=1S/C15H18F3NO2/c16-15(17,18)13-3-1-2-12(8-13)9-14(20)19-6-4-11-5-7-21-10-11/h1-3,8,11H,4-7,9-10H2,(H,19,20)/t11-/m1/s1. The summed E-state index contributed by atoms with van der Waals surface area (Å²) in [4.78, 5) is 11.7. The van der Waals surface area contributed by atoms with E-state index in [1.54, 1.807) is 0 Å². The molecule has 6 heteroatoms. The number of nitrogens with one attached hydrogen (secondary N) is 1. The molecule has 0 bridgehead atoms. The van der Waals surface area contributed by atoms with Gasteiger partial charge in [-0.2, -0.15) is 13.2 Å². The lowest BCUT2D eigenvalue weighted by Gasteiger charge is -2.10. The van der Waals surface area contributed by atoms with Crippen LogP contribution in [0.2, 0.25) is 0 Å². The quantitative estimate of drug-likeness (QED) is 0.908. The maximum Gasteiger partial charge on any atom is 0.416 e. The molecule has 2 rings (SSSR count). The van der Waals surface area contributed by atoms with Crippen molar-refractivity contribution in [2.45, 2.75) is 25.4 Å². The number of carbonyl (C=O) groups is 1. The van der Waals surface area contributed by atoms with Crippen LogP contribution >= 0.6 is 0 Å². The molecule has 116 valence electrons. The molecule has 3 nitrogen and oxygen atoms in total. The molecule has 1 amide bonds. The fourth-order valence-corrected chi connectivity index (χ4v) is 2.33. The van der Waals surface area contributed by atoms with E-state index >= 15 is 0 Å². The summed E-state index contributed by atoms with van der Waals surface area (Å²) in [6.45, 7) is 2.03. The minimum atomic E-state index is -4.38. The molecule has 1 aromatic carbocycles. The number of amides is 1. The minimum Gasteiger partial charge on any atom is -0.381 e. The molecule has 1 N–H and O–H groups in total. The van der Waals surface area contributed by atoms with Gasteiger partial charge in [0, 0.05) is 19.8 Å². The van der Waals surface area contributed by atoms with Crippen molar-refractivity contribution in [3.05, 3.63) is 35.4 Å². The number of alkyl halides is 3. The van der Waals surface area contributed by atoms with Gasteiger partial charge in [0.15, 0.2) is 0 Å². The van der Waals surface area contributed by atoms with Gasteiger partial charge in [-0.15, -0.1) is 0 Å². The number of halogens is 3. The monoisotopic (exact) mass is 301 g/mol. The largest absolute Gasteiger partial charge is 0.416 e. The Labute approximate surface area is 121 Å². The van der Waals surface area contributed by atoms with Gasteiger partial charge in [0.2, 0.25) is 5.91 Å². The van der Waals surface area contributed by atoms with Crippen molar-refractivity contribution >= 4 is 5.91 Å². The van der Waals surface area contributed by atoms with Gasteiger partial charge in [0.1, 0.15) is 0 Å². The Balaban J connectivity index is 1.79. The lowest BCUT2D eigenvalue weighted by atomic mass is 10.0. The molecule has 21 heavy (non-hydrogen) atoms. The Morgan fingerprint density at radius 3 is 2.86 bits per heavy atom. The summed E-state index contributed by atoms with van der Waals surface area (Å²) in [5, 5.41) is 2.74. The van der Waals surface area contributed by atoms with Crippen LogP contribution in [0, 0.1) is 5.92 Å². The van der Waals surface area contributed by atoms with E-state index in [4.69, 9.17) is 4.74 Å². The van der Waals surface area contributed by atoms with Crippen LogP contribution in [0.1, 0.15) is 24.0 Å². The summed E-state index contributed by atoms with van der Waals surface area (Å²) in [5.74, 6) is 0.215. The van der Waals surface area contributed by atoms with Gasteiger partial charge in [-0.25, -0.2) is 0 Å². The molecule has 1 atom stereocenters. The lowest BCUT2D eigenvalue weighted by molar-refractivity contribution is -0.137. The van der Waals surface area contributed by atoms with Crippen molar-refractivity contribution in [1.82, 2.24) is 5.32 Å². The summed E-state index contributed by atoms with van der Waals surface area (Å²) in [6.07, 6.45) is -2.57. The number of carbonyl (C=O) groups excluding carboxylic acids is 1. The van der Waals surface area contributed by atoms with Crippen molar-refractivity contribution in [2.75, 3.05) is 19.8 Å². The van der Waals surface area contributed by atoms with E-state index < -0.39 is 11.7 Å². The zero-order valence-electron chi connectivity index (χ0n) is 11.6. The Bertz CT molecular complexity index is 482. The Morgan fingerprint density at radius 2 is 2.19 bits per heavy atom. The normalized spacial score (nSPS) is 18.7. The fourth-order valence-electron chi connectivity index (χ4n) is 2.33. The maximum atomic E-state index is 12.6. The Hall–Kier alpha value is -1.56. The zero-order chi connectivity index (χ0) is 15.3. The molecule has 1 aliphatic rings. The highest BCUT2D eigenvalue weighted by molar-refractivity contribution is 5.78. The molecular weight excluding hydrogens is 283 g/mol. The van der Waals surface area contributed by atoms with E-state index in [1.165, 1.54) is 12.1 Å². The number of rotatable bonds is 5. The summed E-state index contributed by atoms with van der Waals surface area (Å²) >= 11 is 0. The number of benzene rings is 1. The van der Waals surface area contributed by atoms with E-state index in [0.717, 1.165) is 38.2 Å². The van der Waals surface area contributed by atoms with Gasteiger partial charge < -0.3 is 10.1 Å². The third-order valence-corrected chi connectivity index (χ3v) is 3.52. The fraction of sp³-hybridized carbons (Fsp3) is 0.533. The van der Waals surface area contributed by atoms with Crippen molar-refractivity contribution < 1.29 is 22.7 Å². The third kappa shape index (κ3) is 5.04. The highest BCUT2D eigenvalue weighted by Crippen LogP contribution is 2.29. The molecule has 0 unspecified atom stereocenters. The summed E-state index contributed by atoms with van der Waals surface area (Å²) in [6, 6.07) is 4.87. The molecule has 1 fully saturated rings. The number of ether oxygens (including phenoxy) is 1. The molecule has 0 radical (unpaired) electrons. The van der Waals surface area contributed by atoms with Gasteiger partial charge in [-0.1, -0.05) is 18.2 Å². The first-order valence-corrected chi connectivity index (χ1v) is 6.96. The average Bonchev–Trinajstić information content (AvgIpc) is 2.91. The molecule has 0 spiro atoms. The number of hydrogen-bond donors (Lipinski definition) is 1. The second-order valence-electron chi connectivity index (χ2n) is 5.24. The molecule has 1 heterocycles. The average molecular weight is 301 g/mol. The molecule has 0 aromatic heterocycles. The van der Waals surface area contributed by atoms with Crippen LogP contribution in [0.3, 0.4) is 0 Å². The summed E-state index contributed by atoms with van der Waals surface area (Å²) in [7, 11) is 0. The first-order valence-electron chi connectivity index (χ1n) is 6.96. The first kappa shape index (κ1) is 15.8. The van der Waals surface area contributed by atoms with E-state index in [9.17, 15) is 18.0 Å². The van der Waals surface area contributed by atoms with Crippen molar-refractivity contribution in [1.29, 1.82) is 0 Å². The predicted octanol–water partition coefficient (Wildman–Crippen LogP) is 2.79. The van der Waals surface area contributed by atoms with E-state index in [2.05, 4.69) is 5.32 Å². The first-order chi connectivity index (χ1) is 9.95. The molecule has 1 aromatic rings. The predicted molar refractivity (Wildman–Crippen MR) is 71.7 cm³/mol. The lowest BCUT2D eigenvalue weighted by Crippen LogP contribution is -2.27. The topological polar surface area (TPSA) is 38.3 Å². The van der Waals surface area contributed by atoms with Crippen molar-refractivity contribution in [2.24, 2.45) is 5.92 Å². The van der Waals surface area contributed by atoms with Crippen LogP contribution in [0.4, 0.5) is 13.2 Å². The van der Waals surface area contributed by atoms with Gasteiger partial charge in [-0.05, 0) is 30.4 Å². The van der Waals surface area contributed by atoms with Crippen LogP contribution < -0.4 is 5.32 Å². The van der Waals surface area contributed by atoms with Gasteiger partial charge in [0.25, 0.3) is 0 Å². The highest BCUT2D eigenvalue weighted by atomic mass is 19.4. The van der Waals surface area contributed by atoms with Gasteiger partial charge >= 0.3 is 6.18 Å². The summed E-state index contributed by atoms with van der Waals surface area (Å²) < 4.78 is 42.9. The van der Waals surface area contributed by atoms with Crippen LogP contribution in [0.15, 0.2) is 24.3 Å². The molecule has 1 saturated heterocycles. The van der Waals surface area contributed by atoms with Crippen LogP contribution in [-0.4, -0.2) is 25.7 Å². The summed E-state index contributed by atoms with van der Waals surface area (Å²) in [5.41, 5.74) is -0.359. The minimum absolute atomic E-state index is 0.0366. The molecule has 0 saturated carbocycles. The second kappa shape index (κ2) is 6.93. The van der Waals surface area contributed by atoms with Crippen molar-refractivity contribution in [3.8, 4) is 0 Å². The molecular formula is C15H18F3NO2. The maximum absolute atomic E-state index is 12.6. The van der Waals surface area contributed by atoms with E-state index in [0.29, 0.717) is 18.0 Å². The zero-order valence-corrected chi connectivity index (χ0v) is 11.6. The van der Waals surface area contributed by atoms with Crippen molar-refractivity contribution in [3.63, 3.8) is 0 Å². The van der Waals surface area contributed by atoms with E-state index in [1.807, 2.05) is 0 Å². The molecule has 1 aliphatic heterocycles. The van der Waals surface area contributed by atoms with Gasteiger partial charge in [-0.3, -0.25) is 4.79 Å². The Morgan fingerprint density at radius 1 is 1.38 bits per heavy atom. The van der Waals surface area contributed by atoms with Crippen LogP contribution in [0.5, 0.6) is 0 Å². The van der Waals surface area contributed by atoms with Crippen LogP contribution in [-0.2, 0) is 22.1 Å². The molecule has 0 aliphatic carbocycles. The van der Waals surface area contributed by atoms with Crippen LogP contribution in [0.25, 0.3) is 0 Å². The smallest absolute Gasteiger partial charge is 0.381 e. The highest BCUT2D eigenvalue weighted by Gasteiger charge is 2.30. The third-order valence-electron chi connectivity index (χ3n) is 3.52. The Kier molecular flexibility index (Phi) is 5.22. The van der Waals surface area contributed by atoms with Gasteiger partial charge in [0.05, 0.1) is 12.0 Å². The van der Waals surface area contributed by atoms with E-state index in [-0.39, 0.29) is 12.3 Å².